The van der Waals surface area contributed by atoms with Crippen LogP contribution < -0.4 is 0 Å². The minimum atomic E-state index is 0.514. The van der Waals surface area contributed by atoms with Gasteiger partial charge in [0.15, 0.2) is 0 Å². The predicted molar refractivity (Wildman–Crippen MR) is 63.5 cm³/mol. The van der Waals surface area contributed by atoms with Crippen molar-refractivity contribution in [2.75, 3.05) is 0 Å². The fourth-order valence-corrected chi connectivity index (χ4v) is 1.98. The van der Waals surface area contributed by atoms with E-state index < -0.39 is 0 Å². The summed E-state index contributed by atoms with van der Waals surface area (Å²) in [6.45, 7) is 4.38. The Morgan fingerprint density at radius 2 is 2.00 bits per heavy atom. The largest absolute Gasteiger partial charge is 0.264 e. The molecule has 0 saturated carbocycles. The van der Waals surface area contributed by atoms with Crippen LogP contribution in [0, 0.1) is 0 Å². The van der Waals surface area contributed by atoms with Gasteiger partial charge in [0.05, 0.1) is 0 Å². The lowest BCUT2D eigenvalue weighted by atomic mass is 9.99. The summed E-state index contributed by atoms with van der Waals surface area (Å²) in [5, 5.41) is 2.50. The SMILES string of the molecule is CC(C)c1cncc2ccc(Br)cc12. The molecule has 0 unspecified atom stereocenters. The summed E-state index contributed by atoms with van der Waals surface area (Å²) in [5.74, 6) is 0.514. The molecule has 72 valence electrons. The molecule has 14 heavy (non-hydrogen) atoms. The van der Waals surface area contributed by atoms with Crippen molar-refractivity contribution in [3.63, 3.8) is 0 Å². The van der Waals surface area contributed by atoms with Gasteiger partial charge in [-0.25, -0.2) is 0 Å². The van der Waals surface area contributed by atoms with Crippen molar-refractivity contribution in [1.82, 2.24) is 4.98 Å². The second-order valence-electron chi connectivity index (χ2n) is 3.75. The molecular weight excluding hydrogens is 238 g/mol. The van der Waals surface area contributed by atoms with E-state index in [4.69, 9.17) is 0 Å². The van der Waals surface area contributed by atoms with Gasteiger partial charge < -0.3 is 0 Å². The average molecular weight is 250 g/mol. The van der Waals surface area contributed by atoms with Gasteiger partial charge >= 0.3 is 0 Å². The van der Waals surface area contributed by atoms with Crippen molar-refractivity contribution in [3.05, 3.63) is 40.6 Å². The molecule has 2 heteroatoms. The van der Waals surface area contributed by atoms with Gasteiger partial charge in [-0.2, -0.15) is 0 Å². The average Bonchev–Trinajstić information content (AvgIpc) is 2.16. The molecule has 0 radical (unpaired) electrons. The van der Waals surface area contributed by atoms with Gasteiger partial charge in [-0.1, -0.05) is 35.8 Å². The van der Waals surface area contributed by atoms with Crippen LogP contribution in [0.2, 0.25) is 0 Å². The van der Waals surface area contributed by atoms with Gasteiger partial charge in [0.25, 0.3) is 0 Å². The Labute approximate surface area is 92.3 Å². The summed E-state index contributed by atoms with van der Waals surface area (Å²) in [5.41, 5.74) is 1.31. The first kappa shape index (κ1) is 9.66. The number of rotatable bonds is 1. The zero-order valence-electron chi connectivity index (χ0n) is 8.29. The van der Waals surface area contributed by atoms with E-state index in [9.17, 15) is 0 Å². The highest BCUT2D eigenvalue weighted by atomic mass is 79.9. The molecule has 0 amide bonds. The van der Waals surface area contributed by atoms with E-state index in [0.717, 1.165) is 4.47 Å². The summed E-state index contributed by atoms with van der Waals surface area (Å²) in [7, 11) is 0. The molecule has 0 N–H and O–H groups in total. The third-order valence-corrected chi connectivity index (χ3v) is 2.87. The predicted octanol–water partition coefficient (Wildman–Crippen LogP) is 4.12. The molecule has 0 saturated heterocycles. The third-order valence-electron chi connectivity index (χ3n) is 2.38. The zero-order valence-corrected chi connectivity index (χ0v) is 9.88. The van der Waals surface area contributed by atoms with Crippen LogP contribution in [0.1, 0.15) is 25.3 Å². The van der Waals surface area contributed by atoms with Gasteiger partial charge in [0, 0.05) is 22.3 Å². The van der Waals surface area contributed by atoms with Crippen molar-refractivity contribution in [2.24, 2.45) is 0 Å². The van der Waals surface area contributed by atoms with Crippen LogP contribution in [0.3, 0.4) is 0 Å². The monoisotopic (exact) mass is 249 g/mol. The van der Waals surface area contributed by atoms with E-state index in [-0.39, 0.29) is 0 Å². The molecule has 2 rings (SSSR count). The molecule has 1 heterocycles. The fourth-order valence-electron chi connectivity index (χ4n) is 1.62. The Balaban J connectivity index is 2.77. The fraction of sp³-hybridized carbons (Fsp3) is 0.250. The molecule has 1 aromatic heterocycles. The molecule has 0 bridgehead atoms. The van der Waals surface area contributed by atoms with Crippen LogP contribution in [-0.2, 0) is 0 Å². The first-order valence-corrected chi connectivity index (χ1v) is 5.51. The maximum absolute atomic E-state index is 4.25. The van der Waals surface area contributed by atoms with Crippen LogP contribution in [0.15, 0.2) is 35.1 Å². The second kappa shape index (κ2) is 3.70. The molecular formula is C12H12BrN. The summed E-state index contributed by atoms with van der Waals surface area (Å²) in [6.07, 6.45) is 3.87. The lowest BCUT2D eigenvalue weighted by Crippen LogP contribution is -1.90. The molecule has 0 aliphatic heterocycles. The smallest absolute Gasteiger partial charge is 0.0346 e. The van der Waals surface area contributed by atoms with Gasteiger partial charge in [0.1, 0.15) is 0 Å². The Morgan fingerprint density at radius 3 is 2.71 bits per heavy atom. The van der Waals surface area contributed by atoms with Crippen molar-refractivity contribution in [1.29, 1.82) is 0 Å². The maximum atomic E-state index is 4.25. The van der Waals surface area contributed by atoms with E-state index in [2.05, 4.69) is 46.9 Å². The Bertz CT molecular complexity index is 463. The highest BCUT2D eigenvalue weighted by Gasteiger charge is 2.05. The van der Waals surface area contributed by atoms with E-state index >= 15 is 0 Å². The van der Waals surface area contributed by atoms with Crippen molar-refractivity contribution >= 4 is 26.7 Å². The maximum Gasteiger partial charge on any atom is 0.0346 e. The standard InChI is InChI=1S/C12H12BrN/c1-8(2)12-7-14-6-9-3-4-10(13)5-11(9)12/h3-8H,1-2H3. The summed E-state index contributed by atoms with van der Waals surface area (Å²) in [4.78, 5) is 4.25. The van der Waals surface area contributed by atoms with E-state index in [1.165, 1.54) is 16.3 Å². The number of hydrogen-bond acceptors (Lipinski definition) is 1. The Kier molecular flexibility index (Phi) is 2.55. The van der Waals surface area contributed by atoms with Crippen molar-refractivity contribution < 1.29 is 0 Å². The molecule has 0 atom stereocenters. The van der Waals surface area contributed by atoms with Crippen LogP contribution in [0.5, 0.6) is 0 Å². The lowest BCUT2D eigenvalue weighted by Gasteiger charge is -2.09. The van der Waals surface area contributed by atoms with Gasteiger partial charge in [-0.3, -0.25) is 4.98 Å². The number of pyridine rings is 1. The van der Waals surface area contributed by atoms with Crippen LogP contribution in [0.25, 0.3) is 10.8 Å². The normalized spacial score (nSPS) is 11.1. The number of fused-ring (bicyclic) bond motifs is 1. The number of halogens is 1. The molecule has 0 aliphatic carbocycles. The van der Waals surface area contributed by atoms with Crippen LogP contribution in [0.4, 0.5) is 0 Å². The second-order valence-corrected chi connectivity index (χ2v) is 4.66. The molecule has 1 nitrogen and oxygen atoms in total. The summed E-state index contributed by atoms with van der Waals surface area (Å²) in [6, 6.07) is 6.30. The minimum Gasteiger partial charge on any atom is -0.264 e. The number of nitrogens with zero attached hydrogens (tertiary/aromatic N) is 1. The molecule has 2 aromatic rings. The van der Waals surface area contributed by atoms with Crippen LogP contribution in [-0.4, -0.2) is 4.98 Å². The molecule has 1 aromatic carbocycles. The highest BCUT2D eigenvalue weighted by molar-refractivity contribution is 9.10. The van der Waals surface area contributed by atoms with Crippen LogP contribution >= 0.6 is 15.9 Å². The van der Waals surface area contributed by atoms with E-state index in [1.54, 1.807) is 0 Å². The number of hydrogen-bond donors (Lipinski definition) is 0. The Hall–Kier alpha value is -0.890. The zero-order chi connectivity index (χ0) is 10.1. The van der Waals surface area contributed by atoms with Crippen molar-refractivity contribution in [2.45, 2.75) is 19.8 Å². The first-order valence-electron chi connectivity index (χ1n) is 4.71. The lowest BCUT2D eigenvalue weighted by molar-refractivity contribution is 0.869. The third kappa shape index (κ3) is 1.67. The summed E-state index contributed by atoms with van der Waals surface area (Å²) >= 11 is 3.50. The molecule has 0 fully saturated rings. The highest BCUT2D eigenvalue weighted by Crippen LogP contribution is 2.26. The first-order chi connectivity index (χ1) is 6.68. The molecule has 0 spiro atoms. The quantitative estimate of drug-likeness (QED) is 0.741. The van der Waals surface area contributed by atoms with Gasteiger partial charge in [-0.05, 0) is 29.0 Å². The van der Waals surface area contributed by atoms with Gasteiger partial charge in [0.2, 0.25) is 0 Å². The van der Waals surface area contributed by atoms with E-state index in [1.807, 2.05) is 18.5 Å². The van der Waals surface area contributed by atoms with Crippen molar-refractivity contribution in [3.8, 4) is 0 Å². The van der Waals surface area contributed by atoms with E-state index in [0.29, 0.717) is 5.92 Å². The number of aromatic nitrogens is 1. The topological polar surface area (TPSA) is 12.9 Å². The minimum absolute atomic E-state index is 0.514. The summed E-state index contributed by atoms with van der Waals surface area (Å²) < 4.78 is 1.12. The number of benzene rings is 1. The van der Waals surface area contributed by atoms with Gasteiger partial charge in [-0.15, -0.1) is 0 Å². The Morgan fingerprint density at radius 1 is 1.21 bits per heavy atom. The molecule has 0 aliphatic rings.